The lowest BCUT2D eigenvalue weighted by molar-refractivity contribution is 0.194. The lowest BCUT2D eigenvalue weighted by Gasteiger charge is -2.35. The summed E-state index contributed by atoms with van der Waals surface area (Å²) in [6.07, 6.45) is 6.25. The van der Waals surface area contributed by atoms with E-state index in [9.17, 15) is 0 Å². The molecule has 0 radical (unpaired) electrons. The van der Waals surface area contributed by atoms with Crippen molar-refractivity contribution in [2.24, 2.45) is 17.1 Å². The molecule has 1 nitrogen and oxygen atoms in total. The first-order chi connectivity index (χ1) is 6.46. The highest BCUT2D eigenvalue weighted by atomic mass is 14.7. The van der Waals surface area contributed by atoms with Gasteiger partial charge in [0.1, 0.15) is 0 Å². The predicted octanol–water partition coefficient (Wildman–Crippen LogP) is 3.97. The summed E-state index contributed by atoms with van der Waals surface area (Å²) in [5.41, 5.74) is 6.67. The molecule has 0 rings (SSSR count). The van der Waals surface area contributed by atoms with E-state index in [0.717, 1.165) is 12.3 Å². The molecule has 0 bridgehead atoms. The van der Waals surface area contributed by atoms with Crippen LogP contribution in [-0.2, 0) is 0 Å². The zero-order valence-corrected chi connectivity index (χ0v) is 10.8. The third kappa shape index (κ3) is 4.45. The van der Waals surface area contributed by atoms with Crippen molar-refractivity contribution < 1.29 is 0 Å². The highest BCUT2D eigenvalue weighted by molar-refractivity contribution is 4.84. The smallest absolute Gasteiger partial charge is 0.00952 e. The topological polar surface area (TPSA) is 26.0 Å². The molecule has 0 aromatic carbocycles. The second kappa shape index (κ2) is 6.44. The van der Waals surface area contributed by atoms with E-state index in [-0.39, 0.29) is 0 Å². The van der Waals surface area contributed by atoms with Crippen molar-refractivity contribution >= 4 is 0 Å². The fraction of sp³-hybridized carbons (Fsp3) is 1.00. The molecule has 0 fully saturated rings. The highest BCUT2D eigenvalue weighted by Crippen LogP contribution is 2.33. The van der Waals surface area contributed by atoms with Gasteiger partial charge in [0.15, 0.2) is 0 Å². The molecule has 2 N–H and O–H groups in total. The molecule has 14 heavy (non-hydrogen) atoms. The van der Waals surface area contributed by atoms with E-state index in [2.05, 4.69) is 34.6 Å². The summed E-state index contributed by atoms with van der Waals surface area (Å²) < 4.78 is 0. The summed E-state index contributed by atoms with van der Waals surface area (Å²) in [5.74, 6) is 0.720. The Morgan fingerprint density at radius 3 is 2.14 bits per heavy atom. The largest absolute Gasteiger partial charge is 0.327 e. The molecular weight excluding hydrogens is 170 g/mol. The van der Waals surface area contributed by atoms with E-state index in [1.165, 1.54) is 25.7 Å². The van der Waals surface area contributed by atoms with Crippen LogP contribution in [0, 0.1) is 11.3 Å². The highest BCUT2D eigenvalue weighted by Gasteiger charge is 2.29. The number of hydrogen-bond donors (Lipinski definition) is 1. The Kier molecular flexibility index (Phi) is 6.43. The summed E-state index contributed by atoms with van der Waals surface area (Å²) in [6.45, 7) is 11.4. The van der Waals surface area contributed by atoms with Crippen LogP contribution in [0.4, 0.5) is 0 Å². The molecule has 2 atom stereocenters. The number of nitrogens with two attached hydrogens (primary N) is 1. The molecule has 0 aliphatic carbocycles. The van der Waals surface area contributed by atoms with E-state index in [1.54, 1.807) is 0 Å². The first kappa shape index (κ1) is 14.0. The average Bonchev–Trinajstić information content (AvgIpc) is 2.13. The lowest BCUT2D eigenvalue weighted by atomic mass is 9.73. The molecule has 0 aromatic heterocycles. The zero-order chi connectivity index (χ0) is 11.2. The number of hydrogen-bond acceptors (Lipinski definition) is 1. The van der Waals surface area contributed by atoms with Crippen molar-refractivity contribution in [2.75, 3.05) is 0 Å². The lowest BCUT2D eigenvalue weighted by Crippen LogP contribution is -2.40. The minimum absolute atomic E-state index is 0.361. The standard InChI is InChI=1S/C13H29N/c1-6-8-9-13(5,7-2)12(14)10-11(3)4/h11-12H,6-10,14H2,1-5H3. The van der Waals surface area contributed by atoms with Gasteiger partial charge in [-0.15, -0.1) is 0 Å². The third-order valence-electron chi connectivity index (χ3n) is 3.53. The van der Waals surface area contributed by atoms with Crippen molar-refractivity contribution in [3.8, 4) is 0 Å². The molecular formula is C13H29N. The Morgan fingerprint density at radius 2 is 1.79 bits per heavy atom. The Morgan fingerprint density at radius 1 is 1.21 bits per heavy atom. The normalized spacial score (nSPS) is 18.2. The Balaban J connectivity index is 4.19. The molecule has 0 heterocycles. The molecule has 1 heteroatoms. The van der Waals surface area contributed by atoms with Crippen molar-refractivity contribution in [3.63, 3.8) is 0 Å². The fourth-order valence-electron chi connectivity index (χ4n) is 2.00. The minimum atomic E-state index is 0.361. The van der Waals surface area contributed by atoms with Crippen LogP contribution in [0.25, 0.3) is 0 Å². The van der Waals surface area contributed by atoms with E-state index < -0.39 is 0 Å². The summed E-state index contributed by atoms with van der Waals surface area (Å²) in [4.78, 5) is 0. The van der Waals surface area contributed by atoms with Crippen LogP contribution in [-0.4, -0.2) is 6.04 Å². The second-order valence-electron chi connectivity index (χ2n) is 5.35. The second-order valence-corrected chi connectivity index (χ2v) is 5.35. The van der Waals surface area contributed by atoms with Gasteiger partial charge in [-0.2, -0.15) is 0 Å². The molecule has 0 aliphatic rings. The van der Waals surface area contributed by atoms with Gasteiger partial charge in [-0.25, -0.2) is 0 Å². The molecule has 0 saturated heterocycles. The monoisotopic (exact) mass is 199 g/mol. The number of rotatable bonds is 7. The maximum atomic E-state index is 6.30. The molecule has 0 spiro atoms. The average molecular weight is 199 g/mol. The molecule has 2 unspecified atom stereocenters. The first-order valence-electron chi connectivity index (χ1n) is 6.21. The quantitative estimate of drug-likeness (QED) is 0.659. The van der Waals surface area contributed by atoms with Crippen molar-refractivity contribution in [1.82, 2.24) is 0 Å². The summed E-state index contributed by atoms with van der Waals surface area (Å²) in [7, 11) is 0. The first-order valence-corrected chi connectivity index (χ1v) is 6.21. The van der Waals surface area contributed by atoms with Gasteiger partial charge in [-0.05, 0) is 30.6 Å². The van der Waals surface area contributed by atoms with Gasteiger partial charge in [-0.1, -0.05) is 47.5 Å². The van der Waals surface area contributed by atoms with Crippen LogP contribution in [0.5, 0.6) is 0 Å². The molecule has 0 amide bonds. The molecule has 86 valence electrons. The van der Waals surface area contributed by atoms with E-state index >= 15 is 0 Å². The molecule has 0 saturated carbocycles. The maximum absolute atomic E-state index is 6.30. The van der Waals surface area contributed by atoms with Gasteiger partial charge in [-0.3, -0.25) is 0 Å². The molecule has 0 aliphatic heterocycles. The fourth-order valence-corrected chi connectivity index (χ4v) is 2.00. The van der Waals surface area contributed by atoms with Crippen molar-refractivity contribution in [3.05, 3.63) is 0 Å². The zero-order valence-electron chi connectivity index (χ0n) is 10.8. The maximum Gasteiger partial charge on any atom is 0.00952 e. The predicted molar refractivity (Wildman–Crippen MR) is 65.4 cm³/mol. The summed E-state index contributed by atoms with van der Waals surface area (Å²) in [5, 5.41) is 0. The van der Waals surface area contributed by atoms with Crippen LogP contribution in [0.2, 0.25) is 0 Å². The van der Waals surface area contributed by atoms with Crippen LogP contribution in [0.3, 0.4) is 0 Å². The van der Waals surface area contributed by atoms with Gasteiger partial charge in [0, 0.05) is 6.04 Å². The summed E-state index contributed by atoms with van der Waals surface area (Å²) in [6, 6.07) is 0.374. The minimum Gasteiger partial charge on any atom is -0.327 e. The van der Waals surface area contributed by atoms with Crippen LogP contribution >= 0.6 is 0 Å². The van der Waals surface area contributed by atoms with Gasteiger partial charge in [0.25, 0.3) is 0 Å². The van der Waals surface area contributed by atoms with Crippen LogP contribution in [0.1, 0.15) is 66.7 Å². The van der Waals surface area contributed by atoms with Gasteiger partial charge >= 0.3 is 0 Å². The summed E-state index contributed by atoms with van der Waals surface area (Å²) >= 11 is 0. The van der Waals surface area contributed by atoms with E-state index in [1.807, 2.05) is 0 Å². The van der Waals surface area contributed by atoms with Crippen molar-refractivity contribution in [1.29, 1.82) is 0 Å². The van der Waals surface area contributed by atoms with Crippen LogP contribution in [0.15, 0.2) is 0 Å². The van der Waals surface area contributed by atoms with Crippen molar-refractivity contribution in [2.45, 2.75) is 72.8 Å². The van der Waals surface area contributed by atoms with E-state index in [4.69, 9.17) is 5.73 Å². The third-order valence-corrected chi connectivity index (χ3v) is 3.53. The van der Waals surface area contributed by atoms with E-state index in [0.29, 0.717) is 11.5 Å². The Labute approximate surface area is 90.5 Å². The number of unbranched alkanes of at least 4 members (excludes halogenated alkanes) is 1. The van der Waals surface area contributed by atoms with Gasteiger partial charge in [0.2, 0.25) is 0 Å². The SMILES string of the molecule is CCCCC(C)(CC)C(N)CC(C)C. The van der Waals surface area contributed by atoms with Crippen LogP contribution < -0.4 is 5.73 Å². The van der Waals surface area contributed by atoms with Gasteiger partial charge < -0.3 is 5.73 Å². The Bertz CT molecular complexity index is 142. The van der Waals surface area contributed by atoms with Gasteiger partial charge in [0.05, 0.1) is 0 Å². The molecule has 0 aromatic rings. The Hall–Kier alpha value is -0.0400.